The largest absolute Gasteiger partial charge is 0.220 e. The van der Waals surface area contributed by atoms with Crippen molar-refractivity contribution in [2.24, 2.45) is 0 Å². The number of imidazole rings is 1. The molecule has 62 valence electrons. The first kappa shape index (κ1) is 7.73. The Hall–Kier alpha value is -0.900. The van der Waals surface area contributed by atoms with E-state index in [9.17, 15) is 0 Å². The highest BCUT2D eigenvalue weighted by molar-refractivity contribution is 9.10. The van der Waals surface area contributed by atoms with Crippen molar-refractivity contribution < 1.29 is 0 Å². The minimum atomic E-state index is 0.822. The standard InChI is InChI=1S/C8H8BrN3/c1-2-6-3-4-8-10-7(9)5-12(8)11-6/h3-5H,2H2,1H3. The van der Waals surface area contributed by atoms with Gasteiger partial charge in [0.2, 0.25) is 0 Å². The third kappa shape index (κ3) is 1.22. The second-order valence-corrected chi connectivity index (χ2v) is 3.36. The van der Waals surface area contributed by atoms with Crippen molar-refractivity contribution in [3.63, 3.8) is 0 Å². The molecule has 0 unspecified atom stereocenters. The molecule has 0 fully saturated rings. The second-order valence-electron chi connectivity index (χ2n) is 2.54. The molecule has 2 heterocycles. The number of aryl methyl sites for hydroxylation is 1. The van der Waals surface area contributed by atoms with Crippen LogP contribution in [0.15, 0.2) is 22.9 Å². The number of nitrogens with zero attached hydrogens (tertiary/aromatic N) is 3. The first-order valence-corrected chi connectivity index (χ1v) is 4.59. The zero-order valence-electron chi connectivity index (χ0n) is 6.66. The van der Waals surface area contributed by atoms with Crippen molar-refractivity contribution in [2.45, 2.75) is 13.3 Å². The Kier molecular flexibility index (Phi) is 1.84. The second kappa shape index (κ2) is 2.86. The van der Waals surface area contributed by atoms with E-state index in [4.69, 9.17) is 0 Å². The number of fused-ring (bicyclic) bond motifs is 1. The summed E-state index contributed by atoms with van der Waals surface area (Å²) in [5.41, 5.74) is 1.95. The van der Waals surface area contributed by atoms with Crippen molar-refractivity contribution in [3.8, 4) is 0 Å². The van der Waals surface area contributed by atoms with E-state index in [2.05, 4.69) is 32.9 Å². The van der Waals surface area contributed by atoms with Gasteiger partial charge >= 0.3 is 0 Å². The van der Waals surface area contributed by atoms with E-state index < -0.39 is 0 Å². The average Bonchev–Trinajstić information content (AvgIpc) is 2.43. The van der Waals surface area contributed by atoms with Gasteiger partial charge in [0.1, 0.15) is 4.60 Å². The molecule has 0 bridgehead atoms. The lowest BCUT2D eigenvalue weighted by Gasteiger charge is -1.95. The summed E-state index contributed by atoms with van der Waals surface area (Å²) in [6, 6.07) is 3.96. The van der Waals surface area contributed by atoms with Gasteiger partial charge in [0, 0.05) is 0 Å². The lowest BCUT2D eigenvalue weighted by Crippen LogP contribution is -1.94. The van der Waals surface area contributed by atoms with E-state index in [1.807, 2.05) is 18.3 Å². The van der Waals surface area contributed by atoms with E-state index >= 15 is 0 Å². The van der Waals surface area contributed by atoms with E-state index in [0.717, 1.165) is 22.4 Å². The van der Waals surface area contributed by atoms with Crippen molar-refractivity contribution in [3.05, 3.63) is 28.6 Å². The zero-order valence-corrected chi connectivity index (χ0v) is 8.24. The van der Waals surface area contributed by atoms with Crippen LogP contribution in [0, 0.1) is 0 Å². The molecule has 0 saturated carbocycles. The third-order valence-corrected chi connectivity index (χ3v) is 2.09. The molecule has 3 nitrogen and oxygen atoms in total. The van der Waals surface area contributed by atoms with Gasteiger partial charge in [0.15, 0.2) is 5.65 Å². The number of hydrogen-bond acceptors (Lipinski definition) is 2. The fourth-order valence-electron chi connectivity index (χ4n) is 1.08. The monoisotopic (exact) mass is 225 g/mol. The molecule has 0 aliphatic carbocycles. The van der Waals surface area contributed by atoms with Gasteiger partial charge in [0.05, 0.1) is 11.9 Å². The van der Waals surface area contributed by atoms with Gasteiger partial charge in [-0.1, -0.05) is 6.92 Å². The predicted molar refractivity (Wildman–Crippen MR) is 50.1 cm³/mol. The highest BCUT2D eigenvalue weighted by atomic mass is 79.9. The Bertz CT molecular complexity index is 408. The molecule has 0 aliphatic heterocycles. The highest BCUT2D eigenvalue weighted by Gasteiger charge is 1.99. The molecule has 0 atom stereocenters. The molecular weight excluding hydrogens is 218 g/mol. The van der Waals surface area contributed by atoms with Crippen LogP contribution < -0.4 is 0 Å². The number of aromatic nitrogens is 3. The Labute approximate surface area is 78.6 Å². The molecule has 0 saturated heterocycles. The summed E-state index contributed by atoms with van der Waals surface area (Å²) in [6.07, 6.45) is 2.81. The van der Waals surface area contributed by atoms with Crippen molar-refractivity contribution in [1.29, 1.82) is 0 Å². The van der Waals surface area contributed by atoms with Crippen LogP contribution in [0.5, 0.6) is 0 Å². The van der Waals surface area contributed by atoms with Crippen LogP contribution in [0.4, 0.5) is 0 Å². The number of halogens is 1. The van der Waals surface area contributed by atoms with Gasteiger partial charge < -0.3 is 0 Å². The van der Waals surface area contributed by atoms with Crippen LogP contribution in [0.3, 0.4) is 0 Å². The summed E-state index contributed by atoms with van der Waals surface area (Å²) in [4.78, 5) is 4.21. The van der Waals surface area contributed by atoms with Crippen molar-refractivity contribution in [1.82, 2.24) is 14.6 Å². The van der Waals surface area contributed by atoms with Gasteiger partial charge in [-0.05, 0) is 34.5 Å². The summed E-state index contributed by atoms with van der Waals surface area (Å²) in [5, 5.41) is 4.34. The number of rotatable bonds is 1. The lowest BCUT2D eigenvalue weighted by molar-refractivity contribution is 0.861. The van der Waals surface area contributed by atoms with E-state index in [-0.39, 0.29) is 0 Å². The molecule has 0 spiro atoms. The summed E-state index contributed by atoms with van der Waals surface area (Å²) in [6.45, 7) is 2.08. The van der Waals surface area contributed by atoms with E-state index in [0.29, 0.717) is 0 Å². The SMILES string of the molecule is CCc1ccc2nc(Br)cn2n1. The van der Waals surface area contributed by atoms with E-state index in [1.54, 1.807) is 4.52 Å². The third-order valence-electron chi connectivity index (χ3n) is 1.71. The van der Waals surface area contributed by atoms with Gasteiger partial charge in [-0.2, -0.15) is 5.10 Å². The van der Waals surface area contributed by atoms with Crippen LogP contribution in [-0.2, 0) is 6.42 Å². The van der Waals surface area contributed by atoms with Gasteiger partial charge in [-0.15, -0.1) is 0 Å². The first-order valence-electron chi connectivity index (χ1n) is 3.80. The van der Waals surface area contributed by atoms with Crippen LogP contribution in [-0.4, -0.2) is 14.6 Å². The van der Waals surface area contributed by atoms with Crippen LogP contribution in [0.1, 0.15) is 12.6 Å². The minimum absolute atomic E-state index is 0.822. The smallest absolute Gasteiger partial charge is 0.154 e. The molecule has 12 heavy (non-hydrogen) atoms. The molecule has 2 aromatic rings. The predicted octanol–water partition coefficient (Wildman–Crippen LogP) is 2.05. The van der Waals surface area contributed by atoms with Crippen molar-refractivity contribution >= 4 is 21.6 Å². The molecule has 0 aliphatic rings. The molecular formula is C8H8BrN3. The molecule has 0 radical (unpaired) electrons. The van der Waals surface area contributed by atoms with Crippen LogP contribution >= 0.6 is 15.9 Å². The molecule has 2 rings (SSSR count). The average molecular weight is 226 g/mol. The van der Waals surface area contributed by atoms with Gasteiger partial charge in [-0.3, -0.25) is 0 Å². The Balaban J connectivity index is 2.66. The van der Waals surface area contributed by atoms with Gasteiger partial charge in [0.25, 0.3) is 0 Å². The first-order chi connectivity index (χ1) is 5.79. The normalized spacial score (nSPS) is 10.8. The maximum atomic E-state index is 4.34. The summed E-state index contributed by atoms with van der Waals surface area (Å²) >= 11 is 3.30. The molecule has 0 amide bonds. The summed E-state index contributed by atoms with van der Waals surface area (Å²) in [5.74, 6) is 0. The summed E-state index contributed by atoms with van der Waals surface area (Å²) in [7, 11) is 0. The fourth-order valence-corrected chi connectivity index (χ4v) is 1.46. The molecule has 2 aromatic heterocycles. The van der Waals surface area contributed by atoms with Crippen molar-refractivity contribution in [2.75, 3.05) is 0 Å². The molecule has 0 N–H and O–H groups in total. The maximum absolute atomic E-state index is 4.34. The Morgan fingerprint density at radius 1 is 1.50 bits per heavy atom. The summed E-state index contributed by atoms with van der Waals surface area (Å²) < 4.78 is 2.60. The quantitative estimate of drug-likeness (QED) is 0.744. The van der Waals surface area contributed by atoms with Gasteiger partial charge in [-0.25, -0.2) is 9.50 Å². The Morgan fingerprint density at radius 2 is 2.33 bits per heavy atom. The molecule has 4 heteroatoms. The fraction of sp³-hybridized carbons (Fsp3) is 0.250. The van der Waals surface area contributed by atoms with Crippen LogP contribution in [0.25, 0.3) is 5.65 Å². The highest BCUT2D eigenvalue weighted by Crippen LogP contribution is 2.09. The lowest BCUT2D eigenvalue weighted by atomic mass is 10.3. The maximum Gasteiger partial charge on any atom is 0.154 e. The van der Waals surface area contributed by atoms with Crippen LogP contribution in [0.2, 0.25) is 0 Å². The number of hydrogen-bond donors (Lipinski definition) is 0. The topological polar surface area (TPSA) is 30.2 Å². The zero-order chi connectivity index (χ0) is 8.55. The molecule has 0 aromatic carbocycles. The minimum Gasteiger partial charge on any atom is -0.220 e. The Morgan fingerprint density at radius 3 is 3.08 bits per heavy atom. The van der Waals surface area contributed by atoms with E-state index in [1.165, 1.54) is 0 Å².